The molecule has 0 unspecified atom stereocenters. The molecule has 2 aromatic rings. The number of halogens is 2. The summed E-state index contributed by atoms with van der Waals surface area (Å²) in [5.74, 6) is -0.261. The van der Waals surface area contributed by atoms with Gasteiger partial charge in [-0.25, -0.2) is 4.39 Å². The Morgan fingerprint density at radius 2 is 2.21 bits per heavy atom. The Hall–Kier alpha value is -0.920. The zero-order chi connectivity index (χ0) is 10.1. The molecule has 0 fully saturated rings. The van der Waals surface area contributed by atoms with Crippen molar-refractivity contribution < 1.29 is 4.39 Å². The minimum Gasteiger partial charge on any atom is -0.206 e. The number of fused-ring (bicyclic) bond motifs is 1. The fraction of sp³-hybridized carbons (Fsp3) is 0.100. The van der Waals surface area contributed by atoms with Crippen LogP contribution in [0.15, 0.2) is 22.7 Å². The molecule has 14 heavy (non-hydrogen) atoms. The summed E-state index contributed by atoms with van der Waals surface area (Å²) in [6.45, 7) is 0. The molecule has 2 rings (SSSR count). The number of nitriles is 1. The average Bonchev–Trinajstić information content (AvgIpc) is 2.48. The monoisotopic (exact) mass is 269 g/mol. The topological polar surface area (TPSA) is 23.8 Å². The summed E-state index contributed by atoms with van der Waals surface area (Å²) in [6.07, 6.45) is 0.387. The van der Waals surface area contributed by atoms with E-state index in [0.29, 0.717) is 10.9 Å². The molecule has 1 aromatic carbocycles. The number of nitrogens with zero attached hydrogens (tertiary/aromatic N) is 1. The van der Waals surface area contributed by atoms with Crippen molar-refractivity contribution in [1.29, 1.82) is 5.26 Å². The molecular weight excluding hydrogens is 265 g/mol. The van der Waals surface area contributed by atoms with Crippen molar-refractivity contribution >= 4 is 37.4 Å². The Balaban J connectivity index is 2.61. The van der Waals surface area contributed by atoms with Gasteiger partial charge in [-0.2, -0.15) is 5.26 Å². The number of hydrogen-bond donors (Lipinski definition) is 0. The molecule has 0 aliphatic heterocycles. The molecule has 0 radical (unpaired) electrons. The Morgan fingerprint density at radius 3 is 2.93 bits per heavy atom. The molecule has 0 saturated heterocycles. The van der Waals surface area contributed by atoms with Crippen LogP contribution in [0.4, 0.5) is 4.39 Å². The van der Waals surface area contributed by atoms with Gasteiger partial charge in [0.1, 0.15) is 5.82 Å². The van der Waals surface area contributed by atoms with Crippen molar-refractivity contribution in [1.82, 2.24) is 0 Å². The van der Waals surface area contributed by atoms with E-state index >= 15 is 0 Å². The lowest BCUT2D eigenvalue weighted by atomic mass is 10.2. The minimum atomic E-state index is -0.261. The highest BCUT2D eigenvalue weighted by molar-refractivity contribution is 9.10. The first-order valence-corrected chi connectivity index (χ1v) is 5.56. The van der Waals surface area contributed by atoms with Crippen LogP contribution in [0.5, 0.6) is 0 Å². The maximum absolute atomic E-state index is 13.1. The van der Waals surface area contributed by atoms with Gasteiger partial charge in [0, 0.05) is 9.58 Å². The number of hydrogen-bond acceptors (Lipinski definition) is 2. The fourth-order valence-corrected chi connectivity index (χ4v) is 2.62. The molecule has 0 spiro atoms. The van der Waals surface area contributed by atoms with Crippen molar-refractivity contribution in [3.05, 3.63) is 33.4 Å². The highest BCUT2D eigenvalue weighted by Crippen LogP contribution is 2.30. The molecule has 0 atom stereocenters. The van der Waals surface area contributed by atoms with E-state index in [9.17, 15) is 4.39 Å². The van der Waals surface area contributed by atoms with E-state index in [-0.39, 0.29) is 5.82 Å². The van der Waals surface area contributed by atoms with Crippen molar-refractivity contribution in [2.75, 3.05) is 0 Å². The first-order valence-electron chi connectivity index (χ1n) is 3.95. The summed E-state index contributed by atoms with van der Waals surface area (Å²) in [4.78, 5) is 0.972. The molecule has 0 aliphatic rings. The first-order chi connectivity index (χ1) is 6.70. The van der Waals surface area contributed by atoms with Crippen LogP contribution in [-0.2, 0) is 6.42 Å². The second-order valence-corrected chi connectivity index (χ2v) is 4.87. The Labute approximate surface area is 92.9 Å². The quantitative estimate of drug-likeness (QED) is 0.771. The molecule has 70 valence electrons. The van der Waals surface area contributed by atoms with Crippen LogP contribution in [0.2, 0.25) is 0 Å². The van der Waals surface area contributed by atoms with Gasteiger partial charge < -0.3 is 0 Å². The second-order valence-electron chi connectivity index (χ2n) is 2.85. The third-order valence-corrected chi connectivity index (χ3v) is 3.57. The third-order valence-electron chi connectivity index (χ3n) is 1.86. The zero-order valence-electron chi connectivity index (χ0n) is 7.05. The van der Waals surface area contributed by atoms with E-state index in [1.807, 2.05) is 6.07 Å². The predicted octanol–water partition coefficient (Wildman–Crippen LogP) is 3.87. The standard InChI is InChI=1S/C10H5BrFNS/c11-8-4-6-3-7(1-2-13)14-10(6)5-9(8)12/h3-5H,1H2. The lowest BCUT2D eigenvalue weighted by Gasteiger charge is -1.92. The van der Waals surface area contributed by atoms with Crippen LogP contribution in [0.3, 0.4) is 0 Å². The second kappa shape index (κ2) is 3.68. The van der Waals surface area contributed by atoms with Gasteiger partial charge in [-0.3, -0.25) is 0 Å². The highest BCUT2D eigenvalue weighted by atomic mass is 79.9. The van der Waals surface area contributed by atoms with Crippen LogP contribution in [0, 0.1) is 17.1 Å². The maximum Gasteiger partial charge on any atom is 0.138 e. The Kier molecular flexibility index (Phi) is 2.53. The summed E-state index contributed by atoms with van der Waals surface area (Å²) < 4.78 is 14.5. The lowest BCUT2D eigenvalue weighted by molar-refractivity contribution is 0.623. The van der Waals surface area contributed by atoms with Gasteiger partial charge in [0.25, 0.3) is 0 Å². The highest BCUT2D eigenvalue weighted by Gasteiger charge is 2.05. The Morgan fingerprint density at radius 1 is 1.43 bits per heavy atom. The number of rotatable bonds is 1. The van der Waals surface area contributed by atoms with E-state index in [2.05, 4.69) is 22.0 Å². The minimum absolute atomic E-state index is 0.261. The van der Waals surface area contributed by atoms with Gasteiger partial charge in [-0.1, -0.05) is 0 Å². The van der Waals surface area contributed by atoms with E-state index in [4.69, 9.17) is 5.26 Å². The maximum atomic E-state index is 13.1. The lowest BCUT2D eigenvalue weighted by Crippen LogP contribution is -1.74. The summed E-state index contributed by atoms with van der Waals surface area (Å²) in [5, 5.41) is 9.51. The predicted molar refractivity (Wildman–Crippen MR) is 58.8 cm³/mol. The summed E-state index contributed by atoms with van der Waals surface area (Å²) in [6, 6.07) is 7.23. The average molecular weight is 270 g/mol. The van der Waals surface area contributed by atoms with Crippen molar-refractivity contribution in [3.63, 3.8) is 0 Å². The molecular formula is C10H5BrFNS. The molecule has 1 heterocycles. The van der Waals surface area contributed by atoms with Gasteiger partial charge in [0.15, 0.2) is 0 Å². The Bertz CT molecular complexity index is 488. The van der Waals surface area contributed by atoms with E-state index in [1.54, 1.807) is 6.07 Å². The molecule has 0 aliphatic carbocycles. The van der Waals surface area contributed by atoms with Gasteiger partial charge >= 0.3 is 0 Å². The van der Waals surface area contributed by atoms with Crippen molar-refractivity contribution in [3.8, 4) is 6.07 Å². The summed E-state index contributed by atoms with van der Waals surface area (Å²) >= 11 is 4.59. The van der Waals surface area contributed by atoms with Gasteiger partial charge in [0.2, 0.25) is 0 Å². The summed E-state index contributed by atoms with van der Waals surface area (Å²) in [7, 11) is 0. The largest absolute Gasteiger partial charge is 0.206 e. The molecule has 0 saturated carbocycles. The molecule has 1 nitrogen and oxygen atoms in total. The van der Waals surface area contributed by atoms with Gasteiger partial charge in [-0.15, -0.1) is 11.3 Å². The van der Waals surface area contributed by atoms with E-state index in [0.717, 1.165) is 15.0 Å². The summed E-state index contributed by atoms with van der Waals surface area (Å²) in [5.41, 5.74) is 0. The molecule has 0 N–H and O–H groups in total. The third kappa shape index (κ3) is 1.66. The van der Waals surface area contributed by atoms with Crippen LogP contribution in [0.1, 0.15) is 4.88 Å². The number of benzene rings is 1. The number of thiophene rings is 1. The molecule has 0 bridgehead atoms. The molecule has 0 amide bonds. The van der Waals surface area contributed by atoms with Crippen molar-refractivity contribution in [2.45, 2.75) is 6.42 Å². The van der Waals surface area contributed by atoms with Crippen LogP contribution in [-0.4, -0.2) is 0 Å². The zero-order valence-corrected chi connectivity index (χ0v) is 9.45. The van der Waals surface area contributed by atoms with Crippen LogP contribution in [0.25, 0.3) is 10.1 Å². The normalized spacial score (nSPS) is 10.4. The SMILES string of the molecule is N#CCc1cc2cc(Br)c(F)cc2s1. The first kappa shape index (κ1) is 9.63. The van der Waals surface area contributed by atoms with Crippen LogP contribution >= 0.6 is 27.3 Å². The fourth-order valence-electron chi connectivity index (χ4n) is 1.25. The van der Waals surface area contributed by atoms with Crippen molar-refractivity contribution in [2.24, 2.45) is 0 Å². The van der Waals surface area contributed by atoms with Gasteiger partial charge in [0.05, 0.1) is 17.0 Å². The molecule has 4 heteroatoms. The van der Waals surface area contributed by atoms with E-state index in [1.165, 1.54) is 17.4 Å². The molecule has 1 aromatic heterocycles. The van der Waals surface area contributed by atoms with E-state index < -0.39 is 0 Å². The smallest absolute Gasteiger partial charge is 0.138 e. The van der Waals surface area contributed by atoms with Gasteiger partial charge in [-0.05, 0) is 39.5 Å². The van der Waals surface area contributed by atoms with Crippen LogP contribution < -0.4 is 0 Å².